The first-order chi connectivity index (χ1) is 7.99. The second-order valence-electron chi connectivity index (χ2n) is 3.42. The summed E-state index contributed by atoms with van der Waals surface area (Å²) in [6, 6.07) is 5.69. The van der Waals surface area contributed by atoms with Gasteiger partial charge in [-0.05, 0) is 25.1 Å². The Hall–Kier alpha value is -1.52. The summed E-state index contributed by atoms with van der Waals surface area (Å²) in [6.07, 6.45) is 0. The van der Waals surface area contributed by atoms with Gasteiger partial charge in [0.25, 0.3) is 5.91 Å². The SMILES string of the molecule is Cc1cc(=O)on1C(=O)c1ccc(Cl)cc1Cl. The van der Waals surface area contributed by atoms with Gasteiger partial charge in [-0.25, -0.2) is 4.79 Å². The van der Waals surface area contributed by atoms with Crippen molar-refractivity contribution in [3.8, 4) is 0 Å². The number of aromatic nitrogens is 1. The van der Waals surface area contributed by atoms with Gasteiger partial charge in [-0.15, -0.1) is 4.74 Å². The zero-order chi connectivity index (χ0) is 12.6. The summed E-state index contributed by atoms with van der Waals surface area (Å²) < 4.78 is 5.64. The normalized spacial score (nSPS) is 10.5. The van der Waals surface area contributed by atoms with Gasteiger partial charge >= 0.3 is 5.63 Å². The highest BCUT2D eigenvalue weighted by atomic mass is 35.5. The molecule has 0 spiro atoms. The minimum atomic E-state index is -0.582. The summed E-state index contributed by atoms with van der Waals surface area (Å²) in [5.74, 6) is -0.508. The number of aryl methyl sites for hydroxylation is 1. The molecule has 0 atom stereocenters. The second-order valence-corrected chi connectivity index (χ2v) is 4.26. The number of halogens is 2. The van der Waals surface area contributed by atoms with Crippen molar-refractivity contribution < 1.29 is 9.32 Å². The van der Waals surface area contributed by atoms with Crippen molar-refractivity contribution in [1.29, 1.82) is 0 Å². The molecule has 2 aromatic rings. The zero-order valence-electron chi connectivity index (χ0n) is 8.74. The molecule has 0 fully saturated rings. The Morgan fingerprint density at radius 1 is 1.29 bits per heavy atom. The number of hydrogen-bond acceptors (Lipinski definition) is 3. The molecule has 0 saturated heterocycles. The summed E-state index contributed by atoms with van der Waals surface area (Å²) in [5.41, 5.74) is 0.0467. The molecular formula is C11H7Cl2NO3. The topological polar surface area (TPSA) is 52.2 Å². The van der Waals surface area contributed by atoms with E-state index < -0.39 is 11.5 Å². The number of hydrogen-bond donors (Lipinski definition) is 0. The Balaban J connectivity index is 2.51. The van der Waals surface area contributed by atoms with Crippen molar-refractivity contribution in [2.24, 2.45) is 0 Å². The van der Waals surface area contributed by atoms with Gasteiger partial charge in [0, 0.05) is 11.1 Å². The maximum atomic E-state index is 12.0. The molecule has 6 heteroatoms. The van der Waals surface area contributed by atoms with Crippen molar-refractivity contribution in [3.05, 3.63) is 56.0 Å². The Morgan fingerprint density at radius 3 is 2.53 bits per heavy atom. The van der Waals surface area contributed by atoms with Crippen LogP contribution in [0.15, 0.2) is 33.6 Å². The third-order valence-electron chi connectivity index (χ3n) is 2.17. The van der Waals surface area contributed by atoms with Gasteiger partial charge < -0.3 is 4.52 Å². The van der Waals surface area contributed by atoms with Crippen LogP contribution in [0.5, 0.6) is 0 Å². The molecular weight excluding hydrogens is 265 g/mol. The standard InChI is InChI=1S/C11H7Cl2NO3/c1-6-4-10(15)17-14(6)11(16)8-3-2-7(12)5-9(8)13/h2-5H,1H3. The van der Waals surface area contributed by atoms with Crippen LogP contribution in [0.4, 0.5) is 0 Å². The third kappa shape index (κ3) is 2.28. The quantitative estimate of drug-likeness (QED) is 0.802. The first-order valence-electron chi connectivity index (χ1n) is 4.69. The molecule has 0 unspecified atom stereocenters. The molecule has 0 aliphatic heterocycles. The van der Waals surface area contributed by atoms with Crippen LogP contribution in [0.2, 0.25) is 10.0 Å². The van der Waals surface area contributed by atoms with Gasteiger partial charge in [0.2, 0.25) is 0 Å². The van der Waals surface area contributed by atoms with Gasteiger partial charge in [0.1, 0.15) is 0 Å². The van der Waals surface area contributed by atoms with Gasteiger partial charge in [-0.3, -0.25) is 4.79 Å². The Labute approximate surface area is 106 Å². The molecule has 1 aromatic heterocycles. The first kappa shape index (κ1) is 12.0. The van der Waals surface area contributed by atoms with E-state index in [1.165, 1.54) is 24.3 Å². The van der Waals surface area contributed by atoms with E-state index in [1.54, 1.807) is 6.92 Å². The maximum Gasteiger partial charge on any atom is 0.358 e. The zero-order valence-corrected chi connectivity index (χ0v) is 10.2. The first-order valence-corrected chi connectivity index (χ1v) is 5.44. The lowest BCUT2D eigenvalue weighted by Crippen LogP contribution is -2.13. The van der Waals surface area contributed by atoms with Crippen LogP contribution in [-0.2, 0) is 0 Å². The number of carbonyl (C=O) groups is 1. The molecule has 17 heavy (non-hydrogen) atoms. The van der Waals surface area contributed by atoms with Crippen LogP contribution < -0.4 is 5.63 Å². The highest BCUT2D eigenvalue weighted by Crippen LogP contribution is 2.22. The lowest BCUT2D eigenvalue weighted by molar-refractivity contribution is 0.0834. The predicted molar refractivity (Wildman–Crippen MR) is 63.9 cm³/mol. The molecule has 0 saturated carbocycles. The third-order valence-corrected chi connectivity index (χ3v) is 2.72. The molecule has 0 aliphatic rings. The predicted octanol–water partition coefficient (Wildman–Crippen LogP) is 2.75. The largest absolute Gasteiger partial charge is 0.358 e. The Bertz CT molecular complexity index is 642. The molecule has 4 nitrogen and oxygen atoms in total. The Kier molecular flexibility index (Phi) is 3.09. The molecule has 1 aromatic carbocycles. The smallest absolute Gasteiger partial charge is 0.328 e. The molecule has 88 valence electrons. The van der Waals surface area contributed by atoms with Gasteiger partial charge in [-0.1, -0.05) is 23.2 Å². The van der Waals surface area contributed by atoms with E-state index in [0.29, 0.717) is 10.7 Å². The van der Waals surface area contributed by atoms with Crippen molar-refractivity contribution >= 4 is 29.1 Å². The van der Waals surface area contributed by atoms with Crippen molar-refractivity contribution in [2.45, 2.75) is 6.92 Å². The molecule has 0 aliphatic carbocycles. The molecule has 2 rings (SSSR count). The summed E-state index contributed by atoms with van der Waals surface area (Å²) in [5, 5.41) is 0.635. The molecule has 1 heterocycles. The van der Waals surface area contributed by atoms with Gasteiger partial charge in [0.05, 0.1) is 16.3 Å². The fourth-order valence-electron chi connectivity index (χ4n) is 1.39. The lowest BCUT2D eigenvalue weighted by Gasteiger charge is -2.04. The second kappa shape index (κ2) is 4.39. The molecule has 0 amide bonds. The number of rotatable bonds is 1. The van der Waals surface area contributed by atoms with Crippen LogP contribution in [0, 0.1) is 6.92 Å². The number of carbonyl (C=O) groups excluding carboxylic acids is 1. The van der Waals surface area contributed by atoms with Crippen molar-refractivity contribution in [2.75, 3.05) is 0 Å². The van der Waals surface area contributed by atoms with Crippen LogP contribution >= 0.6 is 23.2 Å². The van der Waals surface area contributed by atoms with Crippen LogP contribution in [0.3, 0.4) is 0 Å². The van der Waals surface area contributed by atoms with Gasteiger partial charge in [0.15, 0.2) is 0 Å². The fourth-order valence-corrected chi connectivity index (χ4v) is 1.88. The van der Waals surface area contributed by atoms with Crippen molar-refractivity contribution in [1.82, 2.24) is 4.74 Å². The van der Waals surface area contributed by atoms with Crippen LogP contribution in [-0.4, -0.2) is 10.6 Å². The van der Waals surface area contributed by atoms with E-state index in [9.17, 15) is 9.59 Å². The van der Waals surface area contributed by atoms with E-state index in [1.807, 2.05) is 0 Å². The average molecular weight is 272 g/mol. The Morgan fingerprint density at radius 2 is 2.00 bits per heavy atom. The van der Waals surface area contributed by atoms with Crippen LogP contribution in [0.25, 0.3) is 0 Å². The monoisotopic (exact) mass is 271 g/mol. The van der Waals surface area contributed by atoms with E-state index >= 15 is 0 Å². The highest BCUT2D eigenvalue weighted by molar-refractivity contribution is 6.36. The van der Waals surface area contributed by atoms with Crippen molar-refractivity contribution in [3.63, 3.8) is 0 Å². The minimum absolute atomic E-state index is 0.207. The molecule has 0 radical (unpaired) electrons. The molecule has 0 N–H and O–H groups in total. The average Bonchev–Trinajstić information content (AvgIpc) is 2.57. The lowest BCUT2D eigenvalue weighted by atomic mass is 10.2. The van der Waals surface area contributed by atoms with E-state index in [-0.39, 0.29) is 10.6 Å². The fraction of sp³-hybridized carbons (Fsp3) is 0.0909. The summed E-state index contributed by atoms with van der Waals surface area (Å²) >= 11 is 11.6. The summed E-state index contributed by atoms with van der Waals surface area (Å²) in [6.45, 7) is 1.59. The van der Waals surface area contributed by atoms with E-state index in [2.05, 4.69) is 0 Å². The highest BCUT2D eigenvalue weighted by Gasteiger charge is 2.16. The molecule has 0 bridgehead atoms. The number of benzene rings is 1. The van der Waals surface area contributed by atoms with E-state index in [0.717, 1.165) is 4.74 Å². The number of nitrogens with zero attached hydrogens (tertiary/aromatic N) is 1. The maximum absolute atomic E-state index is 12.0. The van der Waals surface area contributed by atoms with Crippen LogP contribution in [0.1, 0.15) is 16.1 Å². The van der Waals surface area contributed by atoms with Gasteiger partial charge in [-0.2, -0.15) is 0 Å². The summed E-state index contributed by atoms with van der Waals surface area (Å²) in [7, 11) is 0. The minimum Gasteiger partial charge on any atom is -0.328 e. The summed E-state index contributed by atoms with van der Waals surface area (Å²) in [4.78, 5) is 23.0. The van der Waals surface area contributed by atoms with E-state index in [4.69, 9.17) is 27.7 Å².